The van der Waals surface area contributed by atoms with Crippen LogP contribution in [0.15, 0.2) is 23.0 Å². The van der Waals surface area contributed by atoms with Gasteiger partial charge in [-0.2, -0.15) is 11.3 Å². The molecule has 3 heterocycles. The topological polar surface area (TPSA) is 57.2 Å². The Morgan fingerprint density at radius 2 is 2.42 bits per heavy atom. The van der Waals surface area contributed by atoms with Crippen molar-refractivity contribution in [1.82, 2.24) is 15.6 Å². The molecule has 0 aromatic carbocycles. The standard InChI is InChI=1S/C13H17N3OS2/c17-12-7-15-4-10(12)3-14-5-11-6-16-13(19-11)9-1-2-18-8-9/h1-2,6,8,10,12,14-15,17H,3-5,7H2. The highest BCUT2D eigenvalue weighted by molar-refractivity contribution is 7.15. The third kappa shape index (κ3) is 3.21. The normalized spacial score (nSPS) is 23.0. The van der Waals surface area contributed by atoms with Gasteiger partial charge in [-0.15, -0.1) is 11.3 Å². The van der Waals surface area contributed by atoms with E-state index in [1.807, 2.05) is 6.20 Å². The number of rotatable bonds is 5. The number of nitrogens with one attached hydrogen (secondary N) is 2. The smallest absolute Gasteiger partial charge is 0.124 e. The number of thiazole rings is 1. The molecule has 4 nitrogen and oxygen atoms in total. The van der Waals surface area contributed by atoms with E-state index in [4.69, 9.17) is 0 Å². The van der Waals surface area contributed by atoms with Gasteiger partial charge in [0.2, 0.25) is 0 Å². The second-order valence-electron chi connectivity index (χ2n) is 4.76. The fourth-order valence-electron chi connectivity index (χ4n) is 2.22. The van der Waals surface area contributed by atoms with Crippen LogP contribution in [0.1, 0.15) is 4.88 Å². The zero-order chi connectivity index (χ0) is 13.1. The van der Waals surface area contributed by atoms with E-state index in [-0.39, 0.29) is 6.10 Å². The fraction of sp³-hybridized carbons (Fsp3) is 0.462. The number of nitrogens with zero attached hydrogens (tertiary/aromatic N) is 1. The molecular formula is C13H17N3OS2. The Morgan fingerprint density at radius 1 is 1.47 bits per heavy atom. The van der Waals surface area contributed by atoms with Gasteiger partial charge in [0.15, 0.2) is 0 Å². The summed E-state index contributed by atoms with van der Waals surface area (Å²) < 4.78 is 0. The summed E-state index contributed by atoms with van der Waals surface area (Å²) in [5.74, 6) is 0.323. The highest BCUT2D eigenvalue weighted by atomic mass is 32.1. The molecule has 0 radical (unpaired) electrons. The molecule has 0 saturated carbocycles. The molecule has 2 unspecified atom stereocenters. The molecule has 102 valence electrons. The van der Waals surface area contributed by atoms with Gasteiger partial charge in [-0.05, 0) is 11.4 Å². The van der Waals surface area contributed by atoms with Gasteiger partial charge >= 0.3 is 0 Å². The molecule has 3 rings (SSSR count). The molecular weight excluding hydrogens is 278 g/mol. The van der Waals surface area contributed by atoms with E-state index in [0.29, 0.717) is 5.92 Å². The summed E-state index contributed by atoms with van der Waals surface area (Å²) in [5.41, 5.74) is 1.21. The lowest BCUT2D eigenvalue weighted by molar-refractivity contribution is 0.146. The van der Waals surface area contributed by atoms with Crippen molar-refractivity contribution in [3.05, 3.63) is 27.9 Å². The first-order chi connectivity index (χ1) is 9.33. The summed E-state index contributed by atoms with van der Waals surface area (Å²) in [6, 6.07) is 2.10. The molecule has 19 heavy (non-hydrogen) atoms. The van der Waals surface area contributed by atoms with Crippen molar-refractivity contribution in [2.24, 2.45) is 5.92 Å². The van der Waals surface area contributed by atoms with Gasteiger partial charge in [-0.25, -0.2) is 4.98 Å². The van der Waals surface area contributed by atoms with Crippen LogP contribution in [-0.2, 0) is 6.54 Å². The monoisotopic (exact) mass is 295 g/mol. The predicted octanol–water partition coefficient (Wildman–Crippen LogP) is 1.54. The molecule has 1 fully saturated rings. The van der Waals surface area contributed by atoms with Crippen molar-refractivity contribution in [2.75, 3.05) is 19.6 Å². The highest BCUT2D eigenvalue weighted by Gasteiger charge is 2.24. The molecule has 2 aromatic rings. The van der Waals surface area contributed by atoms with Crippen LogP contribution in [0.2, 0.25) is 0 Å². The van der Waals surface area contributed by atoms with Crippen molar-refractivity contribution >= 4 is 22.7 Å². The molecule has 2 atom stereocenters. The number of aliphatic hydroxyl groups excluding tert-OH is 1. The van der Waals surface area contributed by atoms with E-state index >= 15 is 0 Å². The molecule has 6 heteroatoms. The van der Waals surface area contributed by atoms with Crippen LogP contribution >= 0.6 is 22.7 Å². The van der Waals surface area contributed by atoms with Crippen molar-refractivity contribution in [3.8, 4) is 10.6 Å². The second-order valence-corrected chi connectivity index (χ2v) is 6.66. The highest BCUT2D eigenvalue weighted by Crippen LogP contribution is 2.26. The van der Waals surface area contributed by atoms with Crippen molar-refractivity contribution in [3.63, 3.8) is 0 Å². The molecule has 0 bridgehead atoms. The predicted molar refractivity (Wildman–Crippen MR) is 79.5 cm³/mol. The summed E-state index contributed by atoms with van der Waals surface area (Å²) in [6.45, 7) is 3.29. The third-order valence-corrected chi connectivity index (χ3v) is 5.06. The van der Waals surface area contributed by atoms with Gasteiger partial charge in [-0.1, -0.05) is 0 Å². The van der Waals surface area contributed by atoms with Crippen LogP contribution in [0.3, 0.4) is 0 Å². The largest absolute Gasteiger partial charge is 0.391 e. The molecule has 1 aliphatic rings. The summed E-state index contributed by atoms with van der Waals surface area (Å²) in [7, 11) is 0. The minimum absolute atomic E-state index is 0.213. The number of aromatic nitrogens is 1. The number of thiophene rings is 1. The molecule has 1 saturated heterocycles. The van der Waals surface area contributed by atoms with Crippen LogP contribution in [0.5, 0.6) is 0 Å². The van der Waals surface area contributed by atoms with Crippen molar-refractivity contribution in [2.45, 2.75) is 12.6 Å². The maximum absolute atomic E-state index is 9.70. The minimum Gasteiger partial charge on any atom is -0.391 e. The van der Waals surface area contributed by atoms with E-state index < -0.39 is 0 Å². The number of hydrogen-bond donors (Lipinski definition) is 3. The van der Waals surface area contributed by atoms with Gasteiger partial charge in [0.25, 0.3) is 0 Å². The Kier molecular flexibility index (Phi) is 4.24. The zero-order valence-electron chi connectivity index (χ0n) is 10.5. The number of aliphatic hydroxyl groups is 1. The first-order valence-corrected chi connectivity index (χ1v) is 8.15. The fourth-order valence-corrected chi connectivity index (χ4v) is 3.81. The van der Waals surface area contributed by atoms with Crippen LogP contribution in [0.25, 0.3) is 10.6 Å². The molecule has 0 spiro atoms. The SMILES string of the molecule is OC1CNCC1CNCc1cnc(-c2ccsc2)s1. The van der Waals surface area contributed by atoms with Crippen LogP contribution in [0.4, 0.5) is 0 Å². The Bertz CT molecular complexity index is 512. The maximum Gasteiger partial charge on any atom is 0.124 e. The number of β-amino-alcohol motifs (C(OH)–C–C–N with tert-alkyl or cyclic N) is 1. The van der Waals surface area contributed by atoms with E-state index in [9.17, 15) is 5.11 Å². The maximum atomic E-state index is 9.70. The van der Waals surface area contributed by atoms with Crippen LogP contribution in [-0.4, -0.2) is 35.8 Å². The van der Waals surface area contributed by atoms with E-state index in [1.54, 1.807) is 22.7 Å². The summed E-state index contributed by atoms with van der Waals surface area (Å²) in [4.78, 5) is 5.69. The van der Waals surface area contributed by atoms with Gasteiger partial charge in [0.05, 0.1) is 6.10 Å². The lowest BCUT2D eigenvalue weighted by atomic mass is 10.1. The van der Waals surface area contributed by atoms with Gasteiger partial charge < -0.3 is 15.7 Å². The van der Waals surface area contributed by atoms with E-state index in [1.165, 1.54) is 10.4 Å². The molecule has 1 aliphatic heterocycles. The van der Waals surface area contributed by atoms with E-state index in [2.05, 4.69) is 32.4 Å². The summed E-state index contributed by atoms with van der Waals surface area (Å²) in [5, 5.41) is 21.6. The lowest BCUT2D eigenvalue weighted by Crippen LogP contribution is -2.29. The zero-order valence-corrected chi connectivity index (χ0v) is 12.1. The Balaban J connectivity index is 1.50. The molecule has 2 aromatic heterocycles. The molecule has 0 amide bonds. The van der Waals surface area contributed by atoms with Gasteiger partial charge in [0.1, 0.15) is 5.01 Å². The second kappa shape index (κ2) is 6.11. The summed E-state index contributed by atoms with van der Waals surface area (Å²) in [6.07, 6.45) is 1.73. The van der Waals surface area contributed by atoms with Gasteiger partial charge in [-0.3, -0.25) is 0 Å². The van der Waals surface area contributed by atoms with Crippen molar-refractivity contribution < 1.29 is 5.11 Å². The average molecular weight is 295 g/mol. The van der Waals surface area contributed by atoms with Crippen LogP contribution < -0.4 is 10.6 Å². The van der Waals surface area contributed by atoms with E-state index in [0.717, 1.165) is 31.2 Å². The molecule has 3 N–H and O–H groups in total. The quantitative estimate of drug-likeness (QED) is 0.783. The summed E-state index contributed by atoms with van der Waals surface area (Å²) >= 11 is 3.42. The lowest BCUT2D eigenvalue weighted by Gasteiger charge is -2.13. The molecule has 0 aliphatic carbocycles. The minimum atomic E-state index is -0.213. The van der Waals surface area contributed by atoms with Crippen LogP contribution in [0, 0.1) is 5.92 Å². The van der Waals surface area contributed by atoms with Gasteiger partial charge in [0, 0.05) is 54.1 Å². The average Bonchev–Trinajstić information content (AvgIpc) is 3.11. The number of hydrogen-bond acceptors (Lipinski definition) is 6. The third-order valence-electron chi connectivity index (χ3n) is 3.33. The Morgan fingerprint density at radius 3 is 3.16 bits per heavy atom. The Hall–Kier alpha value is -0.790. The Labute approximate surface area is 120 Å². The first kappa shape index (κ1) is 13.2. The van der Waals surface area contributed by atoms with Crippen molar-refractivity contribution in [1.29, 1.82) is 0 Å². The first-order valence-electron chi connectivity index (χ1n) is 6.39.